The van der Waals surface area contributed by atoms with Crippen LogP contribution >= 0.6 is 22.9 Å². The SMILES string of the molecule is CN1CC[C@@H](Nc2nc(OC[C@@H]3CCCN3C)nc3c(Cl)c(-c4ccc(F)c5sc(N)c(C#N)c45)c4c(c23)COC4)C1=O. The first-order chi connectivity index (χ1) is 20.8. The number of likely N-dealkylation sites (tertiary alicyclic amines) is 2. The van der Waals surface area contributed by atoms with Crippen molar-refractivity contribution < 1.29 is 18.7 Å². The molecular weight excluding hydrogens is 593 g/mol. The van der Waals surface area contributed by atoms with Crippen molar-refractivity contribution in [2.75, 3.05) is 44.8 Å². The number of anilines is 2. The van der Waals surface area contributed by atoms with Crippen LogP contribution in [0, 0.1) is 17.1 Å². The lowest BCUT2D eigenvalue weighted by atomic mass is 9.91. The number of rotatable bonds is 6. The van der Waals surface area contributed by atoms with Crippen LogP contribution in [0.15, 0.2) is 12.1 Å². The third-order valence-corrected chi connectivity index (χ3v) is 10.2. The molecule has 5 heterocycles. The van der Waals surface area contributed by atoms with E-state index in [4.69, 9.17) is 36.8 Å². The van der Waals surface area contributed by atoms with Gasteiger partial charge in [0.1, 0.15) is 35.4 Å². The maximum absolute atomic E-state index is 14.9. The van der Waals surface area contributed by atoms with E-state index in [-0.39, 0.29) is 46.4 Å². The number of nitrogens with one attached hydrogen (secondary N) is 1. The highest BCUT2D eigenvalue weighted by atomic mass is 35.5. The number of benzene rings is 2. The number of aromatic nitrogens is 2. The highest BCUT2D eigenvalue weighted by Gasteiger charge is 2.34. The average Bonchev–Trinajstić information content (AvgIpc) is 3.78. The first-order valence-electron chi connectivity index (χ1n) is 14.1. The zero-order valence-corrected chi connectivity index (χ0v) is 25.2. The van der Waals surface area contributed by atoms with Gasteiger partial charge in [-0.2, -0.15) is 15.2 Å². The fourth-order valence-electron chi connectivity index (χ4n) is 6.45. The molecule has 0 spiro atoms. The quantitative estimate of drug-likeness (QED) is 0.309. The van der Waals surface area contributed by atoms with Crippen LogP contribution in [0.1, 0.15) is 36.0 Å². The number of carbonyl (C=O) groups excluding carboxylic acids is 1. The topological polar surface area (TPSA) is 130 Å². The minimum absolute atomic E-state index is 0.0230. The number of nitrogens with zero attached hydrogens (tertiary/aromatic N) is 5. The van der Waals surface area contributed by atoms with Crippen LogP contribution in [-0.2, 0) is 22.7 Å². The molecule has 3 aliphatic heterocycles. The molecular formula is C30H29ClFN7O3S. The molecule has 3 N–H and O–H groups in total. The summed E-state index contributed by atoms with van der Waals surface area (Å²) in [6.45, 7) is 2.55. The molecule has 3 aliphatic rings. The minimum Gasteiger partial charge on any atom is -0.462 e. The Balaban J connectivity index is 1.45. The molecule has 2 atom stereocenters. The molecule has 2 aromatic carbocycles. The van der Waals surface area contributed by atoms with Gasteiger partial charge in [-0.3, -0.25) is 4.79 Å². The Hall–Kier alpha value is -3.76. The van der Waals surface area contributed by atoms with Gasteiger partial charge in [0.25, 0.3) is 0 Å². The zero-order valence-electron chi connectivity index (χ0n) is 23.7. The van der Waals surface area contributed by atoms with Gasteiger partial charge in [0.15, 0.2) is 0 Å². The summed E-state index contributed by atoms with van der Waals surface area (Å²) in [5, 5.41) is 14.9. The normalized spacial score (nSPS) is 20.3. The van der Waals surface area contributed by atoms with Gasteiger partial charge in [0.05, 0.1) is 39.4 Å². The number of fused-ring (bicyclic) bond motifs is 4. The number of ether oxygens (including phenoxy) is 2. The van der Waals surface area contributed by atoms with Gasteiger partial charge in [-0.25, -0.2) is 4.39 Å². The number of nitrogens with two attached hydrogens (primary N) is 1. The van der Waals surface area contributed by atoms with Gasteiger partial charge in [-0.05, 0) is 55.6 Å². The molecule has 0 saturated carbocycles. The van der Waals surface area contributed by atoms with Gasteiger partial charge in [-0.1, -0.05) is 17.7 Å². The van der Waals surface area contributed by atoms with E-state index in [0.29, 0.717) is 57.8 Å². The molecule has 2 saturated heterocycles. The monoisotopic (exact) mass is 621 g/mol. The summed E-state index contributed by atoms with van der Waals surface area (Å²) in [5.74, 6) is -0.0371. The third-order valence-electron chi connectivity index (χ3n) is 8.79. The number of halogens is 2. The van der Waals surface area contributed by atoms with E-state index < -0.39 is 11.9 Å². The molecule has 43 heavy (non-hydrogen) atoms. The summed E-state index contributed by atoms with van der Waals surface area (Å²) in [5.41, 5.74) is 9.56. The summed E-state index contributed by atoms with van der Waals surface area (Å²) in [6.07, 6.45) is 2.73. The Kier molecular flexibility index (Phi) is 7.01. The highest BCUT2D eigenvalue weighted by molar-refractivity contribution is 7.23. The first-order valence-corrected chi connectivity index (χ1v) is 15.3. The van der Waals surface area contributed by atoms with Crippen molar-refractivity contribution in [2.24, 2.45) is 0 Å². The zero-order chi connectivity index (χ0) is 30.0. The highest BCUT2D eigenvalue weighted by Crippen LogP contribution is 2.49. The second-order valence-electron chi connectivity index (χ2n) is 11.3. The lowest BCUT2D eigenvalue weighted by molar-refractivity contribution is -0.127. The number of nitrogen functional groups attached to an aromatic ring is 1. The Labute approximate surface area is 256 Å². The Morgan fingerprint density at radius 3 is 2.77 bits per heavy atom. The standard InChI is InChI=1S/C30H29ClFN7O3S/c1-38-8-3-4-14(38)11-42-30-36-25-23(28(37-30)35-20-7-9-39(2)29(20)40)18-13-41-12-17(18)21(24(25)31)15-5-6-19(32)26-22(15)16(10-33)27(34)43-26/h5-6,14,20H,3-4,7-9,11-13,34H2,1-2H3,(H,35,36,37)/t14-,20+/m0/s1. The van der Waals surface area contributed by atoms with Crippen molar-refractivity contribution in [1.29, 1.82) is 5.26 Å². The first kappa shape index (κ1) is 28.0. The lowest BCUT2D eigenvalue weighted by Gasteiger charge is -2.21. The van der Waals surface area contributed by atoms with E-state index in [9.17, 15) is 14.4 Å². The Morgan fingerprint density at radius 1 is 1.23 bits per heavy atom. The smallest absolute Gasteiger partial charge is 0.319 e. The number of thiophene rings is 1. The van der Waals surface area contributed by atoms with Crippen molar-refractivity contribution in [1.82, 2.24) is 19.8 Å². The maximum atomic E-state index is 14.9. The second-order valence-corrected chi connectivity index (χ2v) is 12.7. The van der Waals surface area contributed by atoms with Crippen LogP contribution in [0.4, 0.5) is 15.2 Å². The van der Waals surface area contributed by atoms with E-state index >= 15 is 0 Å². The Morgan fingerprint density at radius 2 is 2.05 bits per heavy atom. The van der Waals surface area contributed by atoms with Gasteiger partial charge in [-0.15, -0.1) is 11.3 Å². The molecule has 7 rings (SSSR count). The van der Waals surface area contributed by atoms with Gasteiger partial charge < -0.3 is 30.3 Å². The molecule has 2 fully saturated rings. The van der Waals surface area contributed by atoms with Crippen molar-refractivity contribution in [2.45, 2.75) is 44.6 Å². The summed E-state index contributed by atoms with van der Waals surface area (Å²) in [7, 11) is 3.85. The van der Waals surface area contributed by atoms with Crippen LogP contribution in [0.2, 0.25) is 5.02 Å². The van der Waals surface area contributed by atoms with Crippen molar-refractivity contribution in [3.8, 4) is 23.2 Å². The molecule has 1 amide bonds. The fourth-order valence-corrected chi connectivity index (χ4v) is 7.75. The summed E-state index contributed by atoms with van der Waals surface area (Å²) < 4.78 is 27.3. The van der Waals surface area contributed by atoms with Crippen molar-refractivity contribution in [3.63, 3.8) is 0 Å². The average molecular weight is 622 g/mol. The number of hydrogen-bond acceptors (Lipinski definition) is 10. The van der Waals surface area contributed by atoms with Crippen molar-refractivity contribution >= 4 is 60.7 Å². The largest absolute Gasteiger partial charge is 0.462 e. The van der Waals surface area contributed by atoms with E-state index in [0.717, 1.165) is 41.9 Å². The van der Waals surface area contributed by atoms with E-state index in [1.165, 1.54) is 6.07 Å². The van der Waals surface area contributed by atoms with Crippen molar-refractivity contribution in [3.05, 3.63) is 39.7 Å². The number of amides is 1. The molecule has 4 aromatic rings. The molecule has 10 nitrogen and oxygen atoms in total. The Bertz CT molecular complexity index is 1860. The van der Waals surface area contributed by atoms with Crippen LogP contribution in [0.3, 0.4) is 0 Å². The van der Waals surface area contributed by atoms with E-state index in [2.05, 4.69) is 23.3 Å². The second kappa shape index (κ2) is 10.7. The van der Waals surface area contributed by atoms with Crippen LogP contribution in [-0.4, -0.2) is 71.6 Å². The van der Waals surface area contributed by atoms with Gasteiger partial charge >= 0.3 is 6.01 Å². The van der Waals surface area contributed by atoms with E-state index in [1.807, 2.05) is 0 Å². The number of hydrogen-bond donors (Lipinski definition) is 2. The molecule has 13 heteroatoms. The van der Waals surface area contributed by atoms with Gasteiger partial charge in [0, 0.05) is 30.6 Å². The molecule has 222 valence electrons. The summed E-state index contributed by atoms with van der Waals surface area (Å²) in [6, 6.07) is 5.04. The summed E-state index contributed by atoms with van der Waals surface area (Å²) in [4.78, 5) is 26.4. The number of carbonyl (C=O) groups is 1. The number of likely N-dealkylation sites (N-methyl/N-ethyl adjacent to an activating group) is 2. The van der Waals surface area contributed by atoms with Gasteiger partial charge in [0.2, 0.25) is 5.91 Å². The summed E-state index contributed by atoms with van der Waals surface area (Å²) >= 11 is 8.28. The molecule has 0 radical (unpaired) electrons. The van der Waals surface area contributed by atoms with E-state index in [1.54, 1.807) is 18.0 Å². The van der Waals surface area contributed by atoms with Crippen LogP contribution in [0.5, 0.6) is 6.01 Å². The molecule has 0 unspecified atom stereocenters. The maximum Gasteiger partial charge on any atom is 0.319 e. The molecule has 0 aliphatic carbocycles. The lowest BCUT2D eigenvalue weighted by Crippen LogP contribution is -2.32. The third kappa shape index (κ3) is 4.53. The molecule has 0 bridgehead atoms. The van der Waals surface area contributed by atoms with Crippen LogP contribution in [0.25, 0.3) is 32.1 Å². The number of nitriles is 1. The minimum atomic E-state index is -0.464. The fraction of sp³-hybridized carbons (Fsp3) is 0.400. The van der Waals surface area contributed by atoms with Crippen LogP contribution < -0.4 is 15.8 Å². The molecule has 2 aromatic heterocycles. The predicted molar refractivity (Wildman–Crippen MR) is 164 cm³/mol. The predicted octanol–water partition coefficient (Wildman–Crippen LogP) is 4.90.